The number of carbonyl (C=O) groups excluding carboxylic acids is 1. The van der Waals surface area contributed by atoms with Crippen LogP contribution in [0.2, 0.25) is 0 Å². The van der Waals surface area contributed by atoms with Gasteiger partial charge < -0.3 is 14.5 Å². The number of para-hydroxylation sites is 1. The number of hydrogen-bond acceptors (Lipinski definition) is 3. The second-order valence-corrected chi connectivity index (χ2v) is 8.17. The SMILES string of the molecule is CN(C)C(=O)N1C[C@H]2CN(CCOc3ccccc3)C[C@H]2[C@H]1c1cccc(F)c1. The first-order valence-corrected chi connectivity index (χ1v) is 10.2. The number of fused-ring (bicyclic) bond motifs is 1. The molecule has 3 atom stereocenters. The van der Waals surface area contributed by atoms with E-state index in [-0.39, 0.29) is 17.9 Å². The molecule has 0 bridgehead atoms. The van der Waals surface area contributed by atoms with Crippen molar-refractivity contribution in [1.29, 1.82) is 0 Å². The van der Waals surface area contributed by atoms with Gasteiger partial charge in [-0.25, -0.2) is 9.18 Å². The van der Waals surface area contributed by atoms with E-state index in [0.29, 0.717) is 25.0 Å². The third kappa shape index (κ3) is 4.22. The first-order chi connectivity index (χ1) is 14.0. The zero-order valence-electron chi connectivity index (χ0n) is 17.0. The second-order valence-electron chi connectivity index (χ2n) is 8.17. The number of carbonyl (C=O) groups is 1. The van der Waals surface area contributed by atoms with Crippen LogP contribution in [-0.2, 0) is 0 Å². The molecule has 154 valence electrons. The minimum Gasteiger partial charge on any atom is -0.492 e. The minimum absolute atomic E-state index is 0.00683. The van der Waals surface area contributed by atoms with E-state index in [2.05, 4.69) is 4.90 Å². The van der Waals surface area contributed by atoms with Gasteiger partial charge in [0.05, 0.1) is 6.04 Å². The molecular formula is C23H28FN3O2. The van der Waals surface area contributed by atoms with Gasteiger partial charge in [0.2, 0.25) is 0 Å². The number of hydrogen-bond donors (Lipinski definition) is 0. The molecule has 2 aromatic carbocycles. The highest BCUT2D eigenvalue weighted by molar-refractivity contribution is 5.75. The van der Waals surface area contributed by atoms with Crippen molar-refractivity contribution in [3.05, 3.63) is 66.0 Å². The number of benzene rings is 2. The average molecular weight is 397 g/mol. The Balaban J connectivity index is 1.45. The number of urea groups is 1. The van der Waals surface area contributed by atoms with Gasteiger partial charge in [-0.15, -0.1) is 0 Å². The maximum Gasteiger partial charge on any atom is 0.320 e. The summed E-state index contributed by atoms with van der Waals surface area (Å²) < 4.78 is 19.8. The molecule has 0 aromatic heterocycles. The van der Waals surface area contributed by atoms with E-state index >= 15 is 0 Å². The predicted molar refractivity (Wildman–Crippen MR) is 110 cm³/mol. The molecule has 2 heterocycles. The van der Waals surface area contributed by atoms with Crippen LogP contribution in [0.1, 0.15) is 11.6 Å². The Morgan fingerprint density at radius 2 is 1.90 bits per heavy atom. The molecule has 2 saturated heterocycles. The summed E-state index contributed by atoms with van der Waals surface area (Å²) in [4.78, 5) is 18.7. The fourth-order valence-corrected chi connectivity index (χ4v) is 4.70. The van der Waals surface area contributed by atoms with Crippen molar-refractivity contribution in [1.82, 2.24) is 14.7 Å². The molecule has 4 rings (SSSR count). The van der Waals surface area contributed by atoms with E-state index in [0.717, 1.165) is 30.9 Å². The molecule has 29 heavy (non-hydrogen) atoms. The Morgan fingerprint density at radius 3 is 2.62 bits per heavy atom. The van der Waals surface area contributed by atoms with Crippen molar-refractivity contribution in [2.45, 2.75) is 6.04 Å². The molecule has 0 spiro atoms. The van der Waals surface area contributed by atoms with E-state index in [1.165, 1.54) is 6.07 Å². The third-order valence-corrected chi connectivity index (χ3v) is 5.98. The van der Waals surface area contributed by atoms with E-state index in [9.17, 15) is 9.18 Å². The fourth-order valence-electron chi connectivity index (χ4n) is 4.70. The number of rotatable bonds is 5. The highest BCUT2D eigenvalue weighted by atomic mass is 19.1. The van der Waals surface area contributed by atoms with Crippen molar-refractivity contribution in [3.63, 3.8) is 0 Å². The number of halogens is 1. The molecule has 5 nitrogen and oxygen atoms in total. The van der Waals surface area contributed by atoms with Crippen LogP contribution >= 0.6 is 0 Å². The maximum absolute atomic E-state index is 13.9. The van der Waals surface area contributed by atoms with Gasteiger partial charge in [0.15, 0.2) is 0 Å². The van der Waals surface area contributed by atoms with Gasteiger partial charge in [0.1, 0.15) is 18.2 Å². The lowest BCUT2D eigenvalue weighted by Crippen LogP contribution is -2.41. The minimum atomic E-state index is -0.255. The first-order valence-electron chi connectivity index (χ1n) is 10.2. The topological polar surface area (TPSA) is 36.0 Å². The van der Waals surface area contributed by atoms with Gasteiger partial charge in [-0.05, 0) is 35.7 Å². The molecule has 2 aliphatic rings. The standard InChI is InChI=1S/C23H28FN3O2/c1-25(2)23(28)27-15-18-14-26(11-12-29-20-9-4-3-5-10-20)16-21(18)22(27)17-7-6-8-19(24)13-17/h3-10,13,18,21-22H,11-12,14-16H2,1-2H3/t18-,21-,22-/m1/s1. The first kappa shape index (κ1) is 19.7. The van der Waals surface area contributed by atoms with Crippen LogP contribution < -0.4 is 4.74 Å². The Hall–Kier alpha value is -2.60. The highest BCUT2D eigenvalue weighted by Crippen LogP contribution is 2.45. The number of likely N-dealkylation sites (tertiary alicyclic amines) is 2. The van der Waals surface area contributed by atoms with Crippen LogP contribution in [0, 0.1) is 17.7 Å². The van der Waals surface area contributed by atoms with Gasteiger partial charge in [-0.3, -0.25) is 4.90 Å². The molecule has 2 amide bonds. The summed E-state index contributed by atoms with van der Waals surface area (Å²) in [6, 6.07) is 16.4. The zero-order chi connectivity index (χ0) is 20.4. The van der Waals surface area contributed by atoms with E-state index < -0.39 is 0 Å². The Labute approximate surface area is 171 Å². The van der Waals surface area contributed by atoms with Crippen LogP contribution in [0.25, 0.3) is 0 Å². The summed E-state index contributed by atoms with van der Waals surface area (Å²) in [6.07, 6.45) is 0. The van der Waals surface area contributed by atoms with Gasteiger partial charge in [0, 0.05) is 46.2 Å². The molecule has 0 aliphatic carbocycles. The molecule has 0 radical (unpaired) electrons. The smallest absolute Gasteiger partial charge is 0.320 e. The quantitative estimate of drug-likeness (QED) is 0.775. The third-order valence-electron chi connectivity index (χ3n) is 5.98. The maximum atomic E-state index is 13.9. The van der Waals surface area contributed by atoms with E-state index in [1.807, 2.05) is 41.3 Å². The van der Waals surface area contributed by atoms with Crippen LogP contribution in [0.3, 0.4) is 0 Å². The largest absolute Gasteiger partial charge is 0.492 e. The lowest BCUT2D eigenvalue weighted by Gasteiger charge is -2.31. The van der Waals surface area contributed by atoms with Crippen molar-refractivity contribution < 1.29 is 13.9 Å². The molecule has 0 N–H and O–H groups in total. The van der Waals surface area contributed by atoms with Crippen molar-refractivity contribution in [3.8, 4) is 5.75 Å². The van der Waals surface area contributed by atoms with Crippen molar-refractivity contribution in [2.75, 3.05) is 46.9 Å². The zero-order valence-corrected chi connectivity index (χ0v) is 17.0. The van der Waals surface area contributed by atoms with Crippen LogP contribution in [0.5, 0.6) is 5.75 Å². The van der Waals surface area contributed by atoms with Crippen molar-refractivity contribution >= 4 is 6.03 Å². The molecule has 2 fully saturated rings. The predicted octanol–water partition coefficient (Wildman–Crippen LogP) is 3.49. The molecule has 2 aliphatic heterocycles. The summed E-state index contributed by atoms with van der Waals surface area (Å²) in [7, 11) is 3.54. The van der Waals surface area contributed by atoms with Crippen LogP contribution in [0.4, 0.5) is 9.18 Å². The Bertz CT molecular complexity index is 845. The molecule has 2 aromatic rings. The van der Waals surface area contributed by atoms with E-state index in [1.54, 1.807) is 31.1 Å². The van der Waals surface area contributed by atoms with Gasteiger partial charge in [0.25, 0.3) is 0 Å². The van der Waals surface area contributed by atoms with Crippen molar-refractivity contribution in [2.24, 2.45) is 11.8 Å². The second kappa shape index (κ2) is 8.41. The summed E-state index contributed by atoms with van der Waals surface area (Å²) >= 11 is 0. The lowest BCUT2D eigenvalue weighted by atomic mass is 9.89. The number of amides is 2. The fraction of sp³-hybridized carbons (Fsp3) is 0.435. The summed E-state index contributed by atoms with van der Waals surface area (Å²) in [6.45, 7) is 4.01. The van der Waals surface area contributed by atoms with E-state index in [4.69, 9.17) is 4.74 Å². The summed E-state index contributed by atoms with van der Waals surface area (Å²) in [5.41, 5.74) is 0.884. The van der Waals surface area contributed by atoms with Crippen LogP contribution in [-0.4, -0.2) is 67.6 Å². The highest BCUT2D eigenvalue weighted by Gasteiger charge is 2.49. The monoisotopic (exact) mass is 397 g/mol. The number of nitrogens with zero attached hydrogens (tertiary/aromatic N) is 3. The molecule has 6 heteroatoms. The molecule has 0 unspecified atom stereocenters. The summed E-state index contributed by atoms with van der Waals surface area (Å²) in [5.74, 6) is 1.32. The van der Waals surface area contributed by atoms with Crippen LogP contribution in [0.15, 0.2) is 54.6 Å². The van der Waals surface area contributed by atoms with Gasteiger partial charge >= 0.3 is 6.03 Å². The van der Waals surface area contributed by atoms with Gasteiger partial charge in [-0.2, -0.15) is 0 Å². The molecule has 0 saturated carbocycles. The van der Waals surface area contributed by atoms with Gasteiger partial charge in [-0.1, -0.05) is 30.3 Å². The normalized spacial score (nSPS) is 23.8. The Kier molecular flexibility index (Phi) is 5.72. The summed E-state index contributed by atoms with van der Waals surface area (Å²) in [5, 5.41) is 0. The molecular weight excluding hydrogens is 369 g/mol. The Morgan fingerprint density at radius 1 is 1.10 bits per heavy atom. The average Bonchev–Trinajstić information content (AvgIpc) is 3.25. The number of ether oxygens (including phenoxy) is 1. The lowest BCUT2D eigenvalue weighted by molar-refractivity contribution is 0.149.